The quantitative estimate of drug-likeness (QED) is 0.766. The lowest BCUT2D eigenvalue weighted by atomic mass is 10.1. The minimum atomic E-state index is 0.726. The smallest absolute Gasteiger partial charge is 0.183 e. The molecular formula is C14H18N4OS. The van der Waals surface area contributed by atoms with Crippen LogP contribution in [0.4, 0.5) is 0 Å². The zero-order chi connectivity index (χ0) is 13.8. The average molecular weight is 290 g/mol. The second kappa shape index (κ2) is 6.28. The summed E-state index contributed by atoms with van der Waals surface area (Å²) in [6.45, 7) is 0.925. The lowest BCUT2D eigenvalue weighted by Crippen LogP contribution is -2.15. The first-order valence-electron chi connectivity index (χ1n) is 6.72. The van der Waals surface area contributed by atoms with Crippen molar-refractivity contribution in [2.45, 2.75) is 36.3 Å². The second-order valence-electron chi connectivity index (χ2n) is 4.88. The van der Waals surface area contributed by atoms with Crippen LogP contribution in [-0.2, 0) is 12.3 Å². The number of ether oxygens (including phenoxy) is 1. The Bertz CT molecular complexity index is 554. The van der Waals surface area contributed by atoms with Crippen LogP contribution in [0.5, 0.6) is 5.75 Å². The van der Waals surface area contributed by atoms with Gasteiger partial charge in [0.2, 0.25) is 0 Å². The summed E-state index contributed by atoms with van der Waals surface area (Å²) in [5, 5.41) is 11.1. The molecule has 1 aromatic heterocycles. The first-order chi connectivity index (χ1) is 9.85. The van der Waals surface area contributed by atoms with Gasteiger partial charge < -0.3 is 10.1 Å². The topological polar surface area (TPSA) is 62.8 Å². The molecular weight excluding hydrogens is 272 g/mol. The minimum Gasteiger partial charge on any atom is -0.496 e. The van der Waals surface area contributed by atoms with E-state index in [4.69, 9.17) is 4.74 Å². The number of nitrogens with zero attached hydrogens (tertiary/aromatic N) is 2. The predicted molar refractivity (Wildman–Crippen MR) is 78.8 cm³/mol. The molecule has 1 aromatic carbocycles. The van der Waals surface area contributed by atoms with Crippen molar-refractivity contribution in [2.24, 2.45) is 0 Å². The molecule has 2 N–H and O–H groups in total. The van der Waals surface area contributed by atoms with Gasteiger partial charge in [-0.2, -0.15) is 5.10 Å². The first kappa shape index (κ1) is 13.5. The standard InChI is InChI=1S/C14H18N4OS/c1-19-13-5-2-10(7-15-12-3-4-12)6-11(13)8-20-14-16-9-17-18-14/h2,5-6,9,12,15H,3-4,7-8H2,1H3,(H,16,17,18). The summed E-state index contributed by atoms with van der Waals surface area (Å²) in [5.41, 5.74) is 2.48. The summed E-state index contributed by atoms with van der Waals surface area (Å²) >= 11 is 1.63. The number of rotatable bonds is 7. The highest BCUT2D eigenvalue weighted by molar-refractivity contribution is 7.98. The summed E-state index contributed by atoms with van der Waals surface area (Å²) < 4.78 is 5.43. The molecule has 1 saturated carbocycles. The minimum absolute atomic E-state index is 0.726. The van der Waals surface area contributed by atoms with Gasteiger partial charge in [-0.15, -0.1) is 0 Å². The molecule has 106 valence electrons. The lowest BCUT2D eigenvalue weighted by Gasteiger charge is -2.10. The van der Waals surface area contributed by atoms with Crippen LogP contribution < -0.4 is 10.1 Å². The second-order valence-corrected chi connectivity index (χ2v) is 5.84. The number of methoxy groups -OCH3 is 1. The zero-order valence-electron chi connectivity index (χ0n) is 11.4. The number of thioether (sulfide) groups is 1. The summed E-state index contributed by atoms with van der Waals surface area (Å²) in [4.78, 5) is 4.12. The van der Waals surface area contributed by atoms with Crippen molar-refractivity contribution in [3.05, 3.63) is 35.7 Å². The van der Waals surface area contributed by atoms with Crippen molar-refractivity contribution < 1.29 is 4.74 Å². The molecule has 0 amide bonds. The Morgan fingerprint density at radius 2 is 2.35 bits per heavy atom. The van der Waals surface area contributed by atoms with Gasteiger partial charge in [-0.3, -0.25) is 5.10 Å². The molecule has 6 heteroatoms. The van der Waals surface area contributed by atoms with E-state index in [0.29, 0.717) is 0 Å². The molecule has 5 nitrogen and oxygen atoms in total. The Hall–Kier alpha value is -1.53. The van der Waals surface area contributed by atoms with Crippen molar-refractivity contribution in [2.75, 3.05) is 7.11 Å². The third-order valence-electron chi connectivity index (χ3n) is 3.27. The highest BCUT2D eigenvalue weighted by Gasteiger charge is 2.20. The van der Waals surface area contributed by atoms with Crippen molar-refractivity contribution in [1.82, 2.24) is 20.5 Å². The van der Waals surface area contributed by atoms with Crippen LogP contribution in [0.25, 0.3) is 0 Å². The molecule has 1 aliphatic rings. The van der Waals surface area contributed by atoms with Crippen molar-refractivity contribution in [3.63, 3.8) is 0 Å². The van der Waals surface area contributed by atoms with Gasteiger partial charge >= 0.3 is 0 Å². The number of H-pyrrole nitrogens is 1. The Labute approximate surface area is 122 Å². The van der Waals surface area contributed by atoms with Crippen molar-refractivity contribution in [3.8, 4) is 5.75 Å². The molecule has 1 fully saturated rings. The Kier molecular flexibility index (Phi) is 4.22. The van der Waals surface area contributed by atoms with E-state index in [1.165, 1.54) is 30.3 Å². The van der Waals surface area contributed by atoms with E-state index in [2.05, 4.69) is 32.6 Å². The fourth-order valence-electron chi connectivity index (χ4n) is 2.01. The van der Waals surface area contributed by atoms with Gasteiger partial charge in [0.1, 0.15) is 12.1 Å². The van der Waals surface area contributed by atoms with E-state index in [-0.39, 0.29) is 0 Å². The maximum absolute atomic E-state index is 5.43. The van der Waals surface area contributed by atoms with Gasteiger partial charge in [0.05, 0.1) is 7.11 Å². The van der Waals surface area contributed by atoms with Crippen LogP contribution in [-0.4, -0.2) is 28.3 Å². The van der Waals surface area contributed by atoms with Gasteiger partial charge in [-0.1, -0.05) is 17.8 Å². The van der Waals surface area contributed by atoms with Gasteiger partial charge in [0.25, 0.3) is 0 Å². The van der Waals surface area contributed by atoms with Gasteiger partial charge in [0.15, 0.2) is 5.16 Å². The number of aromatic nitrogens is 3. The van der Waals surface area contributed by atoms with E-state index >= 15 is 0 Å². The van der Waals surface area contributed by atoms with Crippen molar-refractivity contribution >= 4 is 11.8 Å². The molecule has 0 atom stereocenters. The van der Waals surface area contributed by atoms with Gasteiger partial charge in [-0.05, 0) is 30.5 Å². The Balaban J connectivity index is 1.66. The zero-order valence-corrected chi connectivity index (χ0v) is 12.2. The SMILES string of the molecule is COc1ccc(CNC2CC2)cc1CSc1ncn[nH]1. The van der Waals surface area contributed by atoms with E-state index in [0.717, 1.165) is 29.2 Å². The van der Waals surface area contributed by atoms with Crippen LogP contribution in [0.15, 0.2) is 29.7 Å². The third-order valence-corrected chi connectivity index (χ3v) is 4.20. The Morgan fingerprint density at radius 3 is 3.05 bits per heavy atom. The molecule has 0 spiro atoms. The van der Waals surface area contributed by atoms with Crippen LogP contribution in [0.2, 0.25) is 0 Å². The normalized spacial score (nSPS) is 14.4. The summed E-state index contributed by atoms with van der Waals surface area (Å²) in [5.74, 6) is 1.74. The summed E-state index contributed by atoms with van der Waals surface area (Å²) in [6, 6.07) is 7.10. The molecule has 2 aromatic rings. The number of hydrogen-bond donors (Lipinski definition) is 2. The molecule has 0 radical (unpaired) electrons. The van der Waals surface area contributed by atoms with E-state index in [1.54, 1.807) is 18.9 Å². The van der Waals surface area contributed by atoms with Crippen LogP contribution >= 0.6 is 11.8 Å². The van der Waals surface area contributed by atoms with Gasteiger partial charge in [-0.25, -0.2) is 4.98 Å². The van der Waals surface area contributed by atoms with E-state index in [1.807, 2.05) is 6.07 Å². The van der Waals surface area contributed by atoms with Crippen molar-refractivity contribution in [1.29, 1.82) is 0 Å². The number of nitrogens with one attached hydrogen (secondary N) is 2. The monoisotopic (exact) mass is 290 g/mol. The highest BCUT2D eigenvalue weighted by Crippen LogP contribution is 2.27. The molecule has 0 aliphatic heterocycles. The van der Waals surface area contributed by atoms with Crippen LogP contribution in [0, 0.1) is 0 Å². The third kappa shape index (κ3) is 3.52. The Morgan fingerprint density at radius 1 is 1.45 bits per heavy atom. The number of aromatic amines is 1. The molecule has 0 unspecified atom stereocenters. The first-order valence-corrected chi connectivity index (χ1v) is 7.71. The molecule has 0 bridgehead atoms. The summed E-state index contributed by atoms with van der Waals surface area (Å²) in [6.07, 6.45) is 4.14. The molecule has 20 heavy (non-hydrogen) atoms. The maximum atomic E-state index is 5.43. The molecule has 1 aliphatic carbocycles. The van der Waals surface area contributed by atoms with Crippen LogP contribution in [0.1, 0.15) is 24.0 Å². The maximum Gasteiger partial charge on any atom is 0.183 e. The largest absolute Gasteiger partial charge is 0.496 e. The highest BCUT2D eigenvalue weighted by atomic mass is 32.2. The molecule has 0 saturated heterocycles. The van der Waals surface area contributed by atoms with Gasteiger partial charge in [0, 0.05) is 23.9 Å². The molecule has 1 heterocycles. The van der Waals surface area contributed by atoms with E-state index in [9.17, 15) is 0 Å². The summed E-state index contributed by atoms with van der Waals surface area (Å²) in [7, 11) is 1.71. The number of hydrogen-bond acceptors (Lipinski definition) is 5. The fourth-order valence-corrected chi connectivity index (χ4v) is 2.77. The lowest BCUT2D eigenvalue weighted by molar-refractivity contribution is 0.411. The predicted octanol–water partition coefficient (Wildman–Crippen LogP) is 2.36. The van der Waals surface area contributed by atoms with Crippen LogP contribution in [0.3, 0.4) is 0 Å². The van der Waals surface area contributed by atoms with E-state index < -0.39 is 0 Å². The molecule has 3 rings (SSSR count). The number of benzene rings is 1. The average Bonchev–Trinajstić information content (AvgIpc) is 3.17. The fraction of sp³-hybridized carbons (Fsp3) is 0.429.